The molecule has 3 rings (SSSR count). The molecule has 0 bridgehead atoms. The molecule has 26 heavy (non-hydrogen) atoms. The first-order chi connectivity index (χ1) is 12.7. The summed E-state index contributed by atoms with van der Waals surface area (Å²) in [5.41, 5.74) is 6.78. The van der Waals surface area contributed by atoms with Crippen molar-refractivity contribution >= 4 is 17.5 Å². The average molecular weight is 361 g/mol. The van der Waals surface area contributed by atoms with Crippen LogP contribution in [0.2, 0.25) is 0 Å². The molecule has 1 aromatic rings. The van der Waals surface area contributed by atoms with Gasteiger partial charge in [0.1, 0.15) is 11.6 Å². The van der Waals surface area contributed by atoms with Crippen molar-refractivity contribution in [3.63, 3.8) is 0 Å². The number of piperidine rings is 1. The normalized spacial score (nSPS) is 17.6. The van der Waals surface area contributed by atoms with Gasteiger partial charge in [-0.3, -0.25) is 9.69 Å². The molecule has 0 saturated carbocycles. The molecule has 1 amide bonds. The molecule has 0 aromatic carbocycles. The summed E-state index contributed by atoms with van der Waals surface area (Å²) in [5, 5.41) is 0. The fourth-order valence-corrected chi connectivity index (χ4v) is 3.62. The van der Waals surface area contributed by atoms with Gasteiger partial charge in [-0.1, -0.05) is 19.8 Å². The predicted molar refractivity (Wildman–Crippen MR) is 102 cm³/mol. The Morgan fingerprint density at radius 1 is 1.08 bits per heavy atom. The number of rotatable bonds is 9. The van der Waals surface area contributed by atoms with Crippen LogP contribution in [0.15, 0.2) is 0 Å². The Bertz CT molecular complexity index is 616. The zero-order chi connectivity index (χ0) is 18.4. The maximum absolute atomic E-state index is 12.4. The van der Waals surface area contributed by atoms with E-state index in [1.165, 1.54) is 32.4 Å². The van der Waals surface area contributed by atoms with Gasteiger partial charge < -0.3 is 15.4 Å². The van der Waals surface area contributed by atoms with E-state index in [2.05, 4.69) is 21.8 Å². The Morgan fingerprint density at radius 2 is 1.85 bits per heavy atom. The Morgan fingerprint density at radius 3 is 2.62 bits per heavy atom. The molecule has 2 aliphatic heterocycles. The van der Waals surface area contributed by atoms with Crippen LogP contribution in [-0.4, -0.2) is 53.6 Å². The van der Waals surface area contributed by atoms with Gasteiger partial charge in [0.15, 0.2) is 0 Å². The molecule has 3 heterocycles. The molecule has 1 fully saturated rings. The number of ether oxygens (including phenoxy) is 1. The Labute approximate surface area is 155 Å². The van der Waals surface area contributed by atoms with E-state index in [-0.39, 0.29) is 11.9 Å². The monoisotopic (exact) mass is 361 g/mol. The summed E-state index contributed by atoms with van der Waals surface area (Å²) in [6.07, 6.45) is 8.34. The molecule has 0 unspecified atom stereocenters. The number of hydrogen-bond acceptors (Lipinski definition) is 6. The van der Waals surface area contributed by atoms with Crippen molar-refractivity contribution in [3.8, 4) is 6.01 Å². The number of hydrogen-bond donors (Lipinski definition) is 1. The van der Waals surface area contributed by atoms with Gasteiger partial charge in [-0.15, -0.1) is 0 Å². The highest BCUT2D eigenvalue weighted by molar-refractivity contribution is 6.01. The Kier molecular flexibility index (Phi) is 6.66. The van der Waals surface area contributed by atoms with Crippen molar-refractivity contribution in [2.45, 2.75) is 58.3 Å². The van der Waals surface area contributed by atoms with Crippen molar-refractivity contribution < 1.29 is 9.53 Å². The van der Waals surface area contributed by atoms with Crippen molar-refractivity contribution in [2.24, 2.45) is 0 Å². The predicted octanol–water partition coefficient (Wildman–Crippen LogP) is 2.39. The molecule has 0 aliphatic carbocycles. The van der Waals surface area contributed by atoms with E-state index in [4.69, 9.17) is 10.5 Å². The van der Waals surface area contributed by atoms with E-state index < -0.39 is 0 Å². The van der Waals surface area contributed by atoms with Crippen LogP contribution in [0.1, 0.15) is 57.4 Å². The standard InChI is InChI=1S/C19H31N5O2/c1-2-3-13-26-19-21-17(20)15-14-16(25)24(18(15)22-19)12-8-7-11-23-9-5-4-6-10-23/h2-14H2,1H3,(H2,20,21,22). The number of nitrogen functional groups attached to an aromatic ring is 1. The summed E-state index contributed by atoms with van der Waals surface area (Å²) >= 11 is 0. The van der Waals surface area contributed by atoms with E-state index in [0.29, 0.717) is 31.2 Å². The van der Waals surface area contributed by atoms with E-state index in [0.717, 1.165) is 37.8 Å². The number of unbranched alkanes of at least 4 members (excludes halogenated alkanes) is 2. The number of nitrogens with two attached hydrogens (primary N) is 1. The quantitative estimate of drug-likeness (QED) is 0.680. The lowest BCUT2D eigenvalue weighted by atomic mass is 10.1. The highest BCUT2D eigenvalue weighted by Crippen LogP contribution is 2.32. The molecule has 1 saturated heterocycles. The third-order valence-corrected chi connectivity index (χ3v) is 5.17. The summed E-state index contributed by atoms with van der Waals surface area (Å²) in [5.74, 6) is 1.07. The lowest BCUT2D eigenvalue weighted by molar-refractivity contribution is -0.117. The number of fused-ring (bicyclic) bond motifs is 1. The highest BCUT2D eigenvalue weighted by Gasteiger charge is 2.31. The van der Waals surface area contributed by atoms with Gasteiger partial charge in [-0.25, -0.2) is 0 Å². The van der Waals surface area contributed by atoms with E-state index in [9.17, 15) is 4.79 Å². The van der Waals surface area contributed by atoms with Crippen molar-refractivity contribution in [2.75, 3.05) is 43.4 Å². The zero-order valence-corrected chi connectivity index (χ0v) is 15.9. The molecule has 2 aliphatic rings. The maximum atomic E-state index is 12.4. The van der Waals surface area contributed by atoms with Crippen LogP contribution in [0.25, 0.3) is 0 Å². The fraction of sp³-hybridized carbons (Fsp3) is 0.737. The number of carbonyl (C=O) groups excluding carboxylic acids is 1. The largest absolute Gasteiger partial charge is 0.463 e. The fourth-order valence-electron chi connectivity index (χ4n) is 3.62. The minimum Gasteiger partial charge on any atom is -0.463 e. The Balaban J connectivity index is 1.56. The summed E-state index contributed by atoms with van der Waals surface area (Å²) in [7, 11) is 0. The van der Waals surface area contributed by atoms with Crippen LogP contribution in [0, 0.1) is 0 Å². The van der Waals surface area contributed by atoms with Gasteiger partial charge in [0, 0.05) is 12.1 Å². The topological polar surface area (TPSA) is 84.6 Å². The summed E-state index contributed by atoms with van der Waals surface area (Å²) in [6.45, 7) is 6.90. The summed E-state index contributed by atoms with van der Waals surface area (Å²) in [6, 6.07) is 0.280. The lowest BCUT2D eigenvalue weighted by Gasteiger charge is -2.26. The first-order valence-electron chi connectivity index (χ1n) is 10.0. The molecule has 0 spiro atoms. The number of carbonyl (C=O) groups is 1. The second-order valence-electron chi connectivity index (χ2n) is 7.23. The minimum atomic E-state index is 0.0599. The number of amides is 1. The highest BCUT2D eigenvalue weighted by atomic mass is 16.5. The van der Waals surface area contributed by atoms with Crippen molar-refractivity contribution in [1.82, 2.24) is 14.9 Å². The van der Waals surface area contributed by atoms with Gasteiger partial charge in [-0.05, 0) is 51.7 Å². The maximum Gasteiger partial charge on any atom is 0.320 e. The smallest absolute Gasteiger partial charge is 0.320 e. The van der Waals surface area contributed by atoms with Gasteiger partial charge in [0.25, 0.3) is 0 Å². The van der Waals surface area contributed by atoms with Crippen LogP contribution in [0.4, 0.5) is 11.6 Å². The van der Waals surface area contributed by atoms with Crippen molar-refractivity contribution in [3.05, 3.63) is 5.56 Å². The SMILES string of the molecule is CCCCOc1nc(N)c2c(n1)N(CCCCN1CCCCC1)C(=O)C2. The second-order valence-corrected chi connectivity index (χ2v) is 7.23. The number of likely N-dealkylation sites (tertiary alicyclic amines) is 1. The van der Waals surface area contributed by atoms with Crippen LogP contribution < -0.4 is 15.4 Å². The van der Waals surface area contributed by atoms with E-state index in [1.54, 1.807) is 4.90 Å². The van der Waals surface area contributed by atoms with Gasteiger partial charge in [-0.2, -0.15) is 9.97 Å². The minimum absolute atomic E-state index is 0.0599. The number of aromatic nitrogens is 2. The van der Waals surface area contributed by atoms with Crippen LogP contribution in [0.5, 0.6) is 6.01 Å². The second kappa shape index (κ2) is 9.16. The lowest BCUT2D eigenvalue weighted by Crippen LogP contribution is -2.32. The molecule has 7 nitrogen and oxygen atoms in total. The molecule has 0 radical (unpaired) electrons. The average Bonchev–Trinajstić information content (AvgIpc) is 2.96. The third-order valence-electron chi connectivity index (χ3n) is 5.17. The molecular formula is C19H31N5O2. The van der Waals surface area contributed by atoms with E-state index >= 15 is 0 Å². The first kappa shape index (κ1) is 18.9. The number of anilines is 2. The van der Waals surface area contributed by atoms with Crippen LogP contribution >= 0.6 is 0 Å². The number of nitrogens with zero attached hydrogens (tertiary/aromatic N) is 4. The van der Waals surface area contributed by atoms with E-state index in [1.807, 2.05) is 0 Å². The molecule has 2 N–H and O–H groups in total. The van der Waals surface area contributed by atoms with Crippen LogP contribution in [-0.2, 0) is 11.2 Å². The Hall–Kier alpha value is -1.89. The molecule has 144 valence electrons. The van der Waals surface area contributed by atoms with Crippen molar-refractivity contribution in [1.29, 1.82) is 0 Å². The van der Waals surface area contributed by atoms with Crippen LogP contribution in [0.3, 0.4) is 0 Å². The molecule has 0 atom stereocenters. The molecule has 1 aromatic heterocycles. The zero-order valence-electron chi connectivity index (χ0n) is 15.9. The summed E-state index contributed by atoms with van der Waals surface area (Å²) in [4.78, 5) is 25.4. The van der Waals surface area contributed by atoms with Gasteiger partial charge in [0.05, 0.1) is 13.0 Å². The molecule has 7 heteroatoms. The summed E-state index contributed by atoms with van der Waals surface area (Å²) < 4.78 is 5.59. The third kappa shape index (κ3) is 4.63. The van der Waals surface area contributed by atoms with Gasteiger partial charge >= 0.3 is 6.01 Å². The first-order valence-corrected chi connectivity index (χ1v) is 10.0. The molecular weight excluding hydrogens is 330 g/mol. The van der Waals surface area contributed by atoms with Gasteiger partial charge in [0.2, 0.25) is 5.91 Å².